The molecule has 2 heterocycles. The molecule has 0 aliphatic heterocycles. The second-order valence-electron chi connectivity index (χ2n) is 4.61. The summed E-state index contributed by atoms with van der Waals surface area (Å²) in [4.78, 5) is 0.949. The fourth-order valence-corrected chi connectivity index (χ4v) is 4.14. The van der Waals surface area contributed by atoms with E-state index < -0.39 is 10.0 Å². The summed E-state index contributed by atoms with van der Waals surface area (Å²) in [6.07, 6.45) is 1.49. The highest BCUT2D eigenvalue weighted by Crippen LogP contribution is 2.30. The number of thiophene rings is 1. The standard InChI is InChI=1S/C14H12ClN3O2S2/c1-18-9-13(14(16-18)12-3-2-8-21-12)22(19,20)17-11-6-4-10(15)5-7-11/h2-9,17H,1H3. The van der Waals surface area contributed by atoms with Gasteiger partial charge in [-0.3, -0.25) is 9.40 Å². The van der Waals surface area contributed by atoms with Gasteiger partial charge in [0.25, 0.3) is 10.0 Å². The lowest BCUT2D eigenvalue weighted by atomic mass is 10.3. The van der Waals surface area contributed by atoms with E-state index in [4.69, 9.17) is 11.6 Å². The molecule has 0 radical (unpaired) electrons. The third-order valence-corrected chi connectivity index (χ3v) is 5.45. The van der Waals surface area contributed by atoms with Crippen LogP contribution in [0.5, 0.6) is 0 Å². The van der Waals surface area contributed by atoms with E-state index in [1.165, 1.54) is 22.2 Å². The zero-order chi connectivity index (χ0) is 15.7. The molecule has 0 spiro atoms. The summed E-state index contributed by atoms with van der Waals surface area (Å²) in [5.41, 5.74) is 0.893. The van der Waals surface area contributed by atoms with Crippen LogP contribution in [-0.4, -0.2) is 18.2 Å². The Kier molecular flexibility index (Phi) is 3.94. The maximum Gasteiger partial charge on any atom is 0.265 e. The second-order valence-corrected chi connectivity index (χ2v) is 7.64. The van der Waals surface area contributed by atoms with Crippen LogP contribution < -0.4 is 4.72 Å². The molecule has 0 bridgehead atoms. The fraction of sp³-hybridized carbons (Fsp3) is 0.0714. The molecule has 0 saturated carbocycles. The molecule has 0 unspecified atom stereocenters. The molecule has 0 aliphatic rings. The van der Waals surface area contributed by atoms with Crippen LogP contribution in [-0.2, 0) is 17.1 Å². The van der Waals surface area contributed by atoms with Gasteiger partial charge in [-0.1, -0.05) is 17.7 Å². The van der Waals surface area contributed by atoms with Crippen LogP contribution in [0.25, 0.3) is 10.6 Å². The van der Waals surface area contributed by atoms with Gasteiger partial charge in [0.05, 0.1) is 4.88 Å². The van der Waals surface area contributed by atoms with Gasteiger partial charge in [0, 0.05) is 24.0 Å². The second kappa shape index (κ2) is 5.75. The van der Waals surface area contributed by atoms with Crippen molar-refractivity contribution in [3.63, 3.8) is 0 Å². The lowest BCUT2D eigenvalue weighted by Gasteiger charge is -2.07. The Morgan fingerprint density at radius 2 is 1.95 bits per heavy atom. The number of benzene rings is 1. The van der Waals surface area contributed by atoms with Gasteiger partial charge < -0.3 is 0 Å². The Labute approximate surface area is 137 Å². The highest BCUT2D eigenvalue weighted by atomic mass is 35.5. The average molecular weight is 354 g/mol. The van der Waals surface area contributed by atoms with Gasteiger partial charge in [-0.05, 0) is 35.7 Å². The molecule has 8 heteroatoms. The summed E-state index contributed by atoms with van der Waals surface area (Å²) in [6, 6.07) is 10.2. The van der Waals surface area contributed by atoms with Crippen molar-refractivity contribution < 1.29 is 8.42 Å². The number of aryl methyl sites for hydroxylation is 1. The van der Waals surface area contributed by atoms with Crippen molar-refractivity contribution >= 4 is 38.6 Å². The molecule has 0 saturated heterocycles. The Hall–Kier alpha value is -1.83. The molecule has 3 aromatic rings. The number of sulfonamides is 1. The van der Waals surface area contributed by atoms with E-state index in [2.05, 4.69) is 9.82 Å². The van der Waals surface area contributed by atoms with E-state index in [-0.39, 0.29) is 4.90 Å². The number of nitrogens with zero attached hydrogens (tertiary/aromatic N) is 2. The zero-order valence-corrected chi connectivity index (χ0v) is 13.9. The number of hydrogen-bond acceptors (Lipinski definition) is 4. The number of halogens is 1. The minimum absolute atomic E-state index is 0.146. The summed E-state index contributed by atoms with van der Waals surface area (Å²) < 4.78 is 29.3. The normalized spacial score (nSPS) is 11.5. The van der Waals surface area contributed by atoms with Crippen molar-refractivity contribution in [2.24, 2.45) is 7.05 Å². The third kappa shape index (κ3) is 3.01. The van der Waals surface area contributed by atoms with Crippen molar-refractivity contribution in [1.82, 2.24) is 9.78 Å². The van der Waals surface area contributed by atoms with Gasteiger partial charge in [0.15, 0.2) is 0 Å². The SMILES string of the molecule is Cn1cc(S(=O)(=O)Nc2ccc(Cl)cc2)c(-c2cccs2)n1. The lowest BCUT2D eigenvalue weighted by molar-refractivity contribution is 0.601. The monoisotopic (exact) mass is 353 g/mol. The van der Waals surface area contributed by atoms with E-state index >= 15 is 0 Å². The number of aromatic nitrogens is 2. The van der Waals surface area contributed by atoms with E-state index in [0.717, 1.165) is 4.88 Å². The zero-order valence-electron chi connectivity index (χ0n) is 11.5. The van der Waals surface area contributed by atoms with Crippen molar-refractivity contribution in [3.8, 4) is 10.6 Å². The predicted octanol–water partition coefficient (Wildman–Crippen LogP) is 3.60. The molecule has 3 rings (SSSR count). The summed E-state index contributed by atoms with van der Waals surface area (Å²) in [5.74, 6) is 0. The molecule has 2 aromatic heterocycles. The van der Waals surface area contributed by atoms with Gasteiger partial charge >= 0.3 is 0 Å². The molecular formula is C14H12ClN3O2S2. The summed E-state index contributed by atoms with van der Waals surface area (Å²) in [5, 5.41) is 6.69. The maximum absolute atomic E-state index is 12.6. The van der Waals surface area contributed by atoms with Crippen molar-refractivity contribution in [2.75, 3.05) is 4.72 Å². The molecule has 0 aliphatic carbocycles. The predicted molar refractivity (Wildman–Crippen MR) is 88.8 cm³/mol. The van der Waals surface area contributed by atoms with Gasteiger partial charge in [0.2, 0.25) is 0 Å². The molecule has 114 valence electrons. The highest BCUT2D eigenvalue weighted by molar-refractivity contribution is 7.92. The van der Waals surface area contributed by atoms with Crippen LogP contribution in [0.3, 0.4) is 0 Å². The van der Waals surface area contributed by atoms with E-state index in [1.54, 1.807) is 31.3 Å². The first-order valence-electron chi connectivity index (χ1n) is 6.31. The molecule has 1 aromatic carbocycles. The Balaban J connectivity index is 2.01. The van der Waals surface area contributed by atoms with Crippen molar-refractivity contribution in [2.45, 2.75) is 4.90 Å². The van der Waals surface area contributed by atoms with Crippen LogP contribution in [0.15, 0.2) is 52.9 Å². The molecule has 1 N–H and O–H groups in total. The first-order chi connectivity index (χ1) is 10.5. The molecule has 0 atom stereocenters. The number of nitrogens with one attached hydrogen (secondary N) is 1. The van der Waals surface area contributed by atoms with E-state index in [9.17, 15) is 8.42 Å². The summed E-state index contributed by atoms with van der Waals surface area (Å²) in [6.45, 7) is 0. The highest BCUT2D eigenvalue weighted by Gasteiger charge is 2.23. The molecule has 0 amide bonds. The summed E-state index contributed by atoms with van der Waals surface area (Å²) in [7, 11) is -2.04. The van der Waals surface area contributed by atoms with Crippen molar-refractivity contribution in [3.05, 3.63) is 53.0 Å². The fourth-order valence-electron chi connectivity index (χ4n) is 1.98. The lowest BCUT2D eigenvalue weighted by Crippen LogP contribution is -2.13. The maximum atomic E-state index is 12.6. The summed E-state index contributed by atoms with van der Waals surface area (Å²) >= 11 is 7.25. The van der Waals surface area contributed by atoms with Gasteiger partial charge in [0.1, 0.15) is 10.6 Å². The first kappa shape index (κ1) is 15.1. The molecule has 0 fully saturated rings. The minimum Gasteiger partial charge on any atom is -0.280 e. The van der Waals surface area contributed by atoms with Gasteiger partial charge in [-0.25, -0.2) is 8.42 Å². The van der Waals surface area contributed by atoms with Crippen LogP contribution in [0.2, 0.25) is 5.02 Å². The van der Waals surface area contributed by atoms with Crippen LogP contribution in [0.4, 0.5) is 5.69 Å². The van der Waals surface area contributed by atoms with E-state index in [1.807, 2.05) is 17.5 Å². The largest absolute Gasteiger partial charge is 0.280 e. The molecule has 5 nitrogen and oxygen atoms in total. The number of hydrogen-bond donors (Lipinski definition) is 1. The Morgan fingerprint density at radius 1 is 1.23 bits per heavy atom. The average Bonchev–Trinajstić information content (AvgIpc) is 3.10. The first-order valence-corrected chi connectivity index (χ1v) is 9.06. The number of anilines is 1. The smallest absolute Gasteiger partial charge is 0.265 e. The molecular weight excluding hydrogens is 342 g/mol. The number of rotatable bonds is 4. The van der Waals surface area contributed by atoms with Crippen LogP contribution >= 0.6 is 22.9 Å². The van der Waals surface area contributed by atoms with E-state index in [0.29, 0.717) is 16.4 Å². The minimum atomic E-state index is -3.73. The Bertz CT molecular complexity index is 885. The van der Waals surface area contributed by atoms with Crippen LogP contribution in [0, 0.1) is 0 Å². The van der Waals surface area contributed by atoms with Gasteiger partial charge in [-0.2, -0.15) is 5.10 Å². The molecule has 22 heavy (non-hydrogen) atoms. The third-order valence-electron chi connectivity index (χ3n) is 2.94. The van der Waals surface area contributed by atoms with Crippen LogP contribution in [0.1, 0.15) is 0 Å². The topological polar surface area (TPSA) is 64.0 Å². The van der Waals surface area contributed by atoms with Gasteiger partial charge in [-0.15, -0.1) is 11.3 Å². The van der Waals surface area contributed by atoms with Crippen molar-refractivity contribution in [1.29, 1.82) is 0 Å². The quantitative estimate of drug-likeness (QED) is 0.779. The Morgan fingerprint density at radius 3 is 2.59 bits per heavy atom.